The zero-order valence-corrected chi connectivity index (χ0v) is 13.8. The van der Waals surface area contributed by atoms with Gasteiger partial charge in [0, 0.05) is 20.4 Å². The van der Waals surface area contributed by atoms with Crippen molar-refractivity contribution < 1.29 is 8.42 Å². The number of hydrogen-bond donors (Lipinski definition) is 1. The predicted octanol–water partition coefficient (Wildman–Crippen LogP) is 0.838. The first-order chi connectivity index (χ1) is 7.28. The van der Waals surface area contributed by atoms with Gasteiger partial charge in [0.2, 0.25) is 0 Å². The fourth-order valence-electron chi connectivity index (χ4n) is 2.03. The molecule has 1 aliphatic carbocycles. The van der Waals surface area contributed by atoms with Crippen molar-refractivity contribution in [3.05, 3.63) is 0 Å². The minimum atomic E-state index is -3.07. The van der Waals surface area contributed by atoms with E-state index in [1.807, 2.05) is 0 Å². The maximum absolute atomic E-state index is 11.8. The Morgan fingerprint density at radius 1 is 1.35 bits per heavy atom. The molecule has 0 aliphatic heterocycles. The Bertz CT molecular complexity index is 373. The van der Waals surface area contributed by atoms with E-state index in [1.54, 1.807) is 19.0 Å². The van der Waals surface area contributed by atoms with E-state index in [4.69, 9.17) is 5.73 Å². The molecule has 0 spiro atoms. The van der Waals surface area contributed by atoms with Gasteiger partial charge < -0.3 is 10.6 Å². The number of hydrogen-bond acceptors (Lipinski definition) is 3. The number of nitrogens with two attached hydrogens (primary N) is 1. The fourth-order valence-corrected chi connectivity index (χ4v) is 3.36. The summed E-state index contributed by atoms with van der Waals surface area (Å²) in [7, 11) is 0.518. The molecule has 1 aliphatic rings. The molecule has 0 atom stereocenters. The number of halogens is 1. The van der Waals surface area contributed by atoms with Gasteiger partial charge in [-0.3, -0.25) is 4.99 Å². The molecule has 2 N–H and O–H groups in total. The van der Waals surface area contributed by atoms with Gasteiger partial charge in [-0.25, -0.2) is 8.42 Å². The van der Waals surface area contributed by atoms with Crippen LogP contribution in [0.4, 0.5) is 0 Å². The zero-order valence-electron chi connectivity index (χ0n) is 10.6. The van der Waals surface area contributed by atoms with E-state index in [9.17, 15) is 8.42 Å². The molecule has 0 saturated heterocycles. The third kappa shape index (κ3) is 3.97. The highest BCUT2D eigenvalue weighted by Gasteiger charge is 2.43. The van der Waals surface area contributed by atoms with Gasteiger partial charge in [0.25, 0.3) is 0 Å². The largest absolute Gasteiger partial charge is 0.370 e. The third-order valence-electron chi connectivity index (χ3n) is 3.29. The average molecular weight is 375 g/mol. The minimum absolute atomic E-state index is 0. The van der Waals surface area contributed by atoms with Gasteiger partial charge >= 0.3 is 0 Å². The Morgan fingerprint density at radius 3 is 2.18 bits per heavy atom. The van der Waals surface area contributed by atoms with E-state index in [2.05, 4.69) is 4.99 Å². The van der Waals surface area contributed by atoms with Crippen LogP contribution in [0.5, 0.6) is 0 Å². The summed E-state index contributed by atoms with van der Waals surface area (Å²) in [5, 5.41) is 0. The molecule has 5 nitrogen and oxygen atoms in total. The molecule has 0 aromatic heterocycles. The highest BCUT2D eigenvalue weighted by atomic mass is 127. The number of rotatable bonds is 3. The van der Waals surface area contributed by atoms with Crippen molar-refractivity contribution in [2.45, 2.75) is 30.4 Å². The Labute approximate surface area is 121 Å². The van der Waals surface area contributed by atoms with E-state index in [0.29, 0.717) is 18.8 Å². The lowest BCUT2D eigenvalue weighted by molar-refractivity contribution is 0.516. The van der Waals surface area contributed by atoms with Gasteiger partial charge in [0.15, 0.2) is 15.8 Å². The summed E-state index contributed by atoms with van der Waals surface area (Å²) >= 11 is 0. The molecule has 0 aromatic rings. The van der Waals surface area contributed by atoms with Crippen LogP contribution in [0.25, 0.3) is 0 Å². The van der Waals surface area contributed by atoms with Gasteiger partial charge in [0.05, 0.1) is 11.3 Å². The van der Waals surface area contributed by atoms with Crippen LogP contribution in [0.15, 0.2) is 4.99 Å². The van der Waals surface area contributed by atoms with E-state index in [0.717, 1.165) is 12.8 Å². The van der Waals surface area contributed by atoms with Crippen LogP contribution in [-0.2, 0) is 9.84 Å². The molecule has 0 radical (unpaired) electrons. The Morgan fingerprint density at radius 2 is 1.82 bits per heavy atom. The monoisotopic (exact) mass is 375 g/mol. The van der Waals surface area contributed by atoms with Crippen LogP contribution >= 0.6 is 24.0 Å². The van der Waals surface area contributed by atoms with Crippen molar-refractivity contribution in [2.24, 2.45) is 10.7 Å². The molecule has 0 heterocycles. The van der Waals surface area contributed by atoms with Crippen LogP contribution < -0.4 is 5.73 Å². The summed E-state index contributed by atoms with van der Waals surface area (Å²) in [4.78, 5) is 5.87. The van der Waals surface area contributed by atoms with Crippen LogP contribution in [0, 0.1) is 0 Å². The second-order valence-corrected chi connectivity index (χ2v) is 7.14. The molecule has 1 fully saturated rings. The first-order valence-electron chi connectivity index (χ1n) is 5.45. The summed E-state index contributed by atoms with van der Waals surface area (Å²) < 4.78 is 23.0. The number of nitrogens with zero attached hydrogens (tertiary/aromatic N) is 2. The van der Waals surface area contributed by atoms with Gasteiger partial charge in [0.1, 0.15) is 0 Å². The lowest BCUT2D eigenvalue weighted by Crippen LogP contribution is -2.40. The van der Waals surface area contributed by atoms with Crippen molar-refractivity contribution in [3.63, 3.8) is 0 Å². The van der Waals surface area contributed by atoms with Gasteiger partial charge in [-0.15, -0.1) is 24.0 Å². The Balaban J connectivity index is 0.00000256. The lowest BCUT2D eigenvalue weighted by Gasteiger charge is -2.25. The molecular weight excluding hydrogens is 353 g/mol. The SMILES string of the molecule is CN(C)C(N)=NCC1(S(C)(=O)=O)CCCC1.I. The van der Waals surface area contributed by atoms with Gasteiger partial charge in [-0.2, -0.15) is 0 Å². The van der Waals surface area contributed by atoms with Gasteiger partial charge in [-0.05, 0) is 12.8 Å². The van der Waals surface area contributed by atoms with E-state index < -0.39 is 14.6 Å². The normalized spacial score (nSPS) is 19.8. The molecule has 0 amide bonds. The highest BCUT2D eigenvalue weighted by Crippen LogP contribution is 2.36. The molecule has 1 saturated carbocycles. The quantitative estimate of drug-likeness (QED) is 0.451. The molecule has 17 heavy (non-hydrogen) atoms. The molecule has 102 valence electrons. The summed E-state index contributed by atoms with van der Waals surface area (Å²) in [6.07, 6.45) is 4.64. The minimum Gasteiger partial charge on any atom is -0.370 e. The number of sulfone groups is 1. The first kappa shape index (κ1) is 16.9. The third-order valence-corrected chi connectivity index (χ3v) is 5.40. The second-order valence-electron chi connectivity index (χ2n) is 4.73. The zero-order chi connectivity index (χ0) is 12.4. The topological polar surface area (TPSA) is 75.8 Å². The van der Waals surface area contributed by atoms with E-state index in [-0.39, 0.29) is 30.5 Å². The molecule has 7 heteroatoms. The van der Waals surface area contributed by atoms with Crippen LogP contribution in [0.2, 0.25) is 0 Å². The predicted molar refractivity (Wildman–Crippen MR) is 81.6 cm³/mol. The second kappa shape index (κ2) is 6.21. The molecule has 0 bridgehead atoms. The highest BCUT2D eigenvalue weighted by molar-refractivity contribution is 14.0. The Kier molecular flexibility index (Phi) is 6.20. The summed E-state index contributed by atoms with van der Waals surface area (Å²) in [6.45, 7) is 0.288. The van der Waals surface area contributed by atoms with E-state index in [1.165, 1.54) is 6.26 Å². The van der Waals surface area contributed by atoms with Crippen molar-refractivity contribution in [1.29, 1.82) is 0 Å². The van der Waals surface area contributed by atoms with Crippen LogP contribution in [0.3, 0.4) is 0 Å². The number of guanidine groups is 1. The maximum Gasteiger partial charge on any atom is 0.190 e. The molecule has 0 unspecified atom stereocenters. The van der Waals surface area contributed by atoms with Crippen LogP contribution in [0.1, 0.15) is 25.7 Å². The molecule has 0 aromatic carbocycles. The smallest absolute Gasteiger partial charge is 0.190 e. The van der Waals surface area contributed by atoms with Crippen molar-refractivity contribution in [1.82, 2.24) is 4.90 Å². The number of aliphatic imine (C=N–C) groups is 1. The van der Waals surface area contributed by atoms with Crippen molar-refractivity contribution in [3.8, 4) is 0 Å². The van der Waals surface area contributed by atoms with Crippen molar-refractivity contribution in [2.75, 3.05) is 26.9 Å². The summed E-state index contributed by atoms with van der Waals surface area (Å²) in [6, 6.07) is 0. The average Bonchev–Trinajstić information content (AvgIpc) is 2.62. The molecular formula is C10H22IN3O2S. The first-order valence-corrected chi connectivity index (χ1v) is 7.34. The molecule has 1 rings (SSSR count). The standard InChI is InChI=1S/C10H21N3O2S.HI/c1-13(2)9(11)12-8-10(16(3,14)15)6-4-5-7-10;/h4-8H2,1-3H3,(H2,11,12);1H. The van der Waals surface area contributed by atoms with Crippen molar-refractivity contribution >= 4 is 39.8 Å². The summed E-state index contributed by atoms with van der Waals surface area (Å²) in [5.74, 6) is 0.384. The Hall–Kier alpha value is -0.0500. The van der Waals surface area contributed by atoms with Crippen LogP contribution in [-0.4, -0.2) is 50.9 Å². The maximum atomic E-state index is 11.8. The fraction of sp³-hybridized carbons (Fsp3) is 0.900. The lowest BCUT2D eigenvalue weighted by atomic mass is 10.1. The van der Waals surface area contributed by atoms with E-state index >= 15 is 0 Å². The van der Waals surface area contributed by atoms with Gasteiger partial charge in [-0.1, -0.05) is 12.8 Å². The summed E-state index contributed by atoms with van der Waals surface area (Å²) in [5.41, 5.74) is 5.68.